The monoisotopic (exact) mass is 253 g/mol. The number of hydrogen-bond acceptors (Lipinski definition) is 5. The van der Waals surface area contributed by atoms with Crippen LogP contribution in [0.5, 0.6) is 0 Å². The van der Waals surface area contributed by atoms with Gasteiger partial charge in [-0.25, -0.2) is 9.48 Å². The highest BCUT2D eigenvalue weighted by Gasteiger charge is 2.30. The fourth-order valence-electron chi connectivity index (χ4n) is 2.15. The van der Waals surface area contributed by atoms with E-state index >= 15 is 0 Å². The summed E-state index contributed by atoms with van der Waals surface area (Å²) in [7, 11) is 0. The third-order valence-corrected chi connectivity index (χ3v) is 3.05. The first-order chi connectivity index (χ1) is 8.68. The fraction of sp³-hybridized carbons (Fsp3) is 0.700. The molecule has 1 aromatic rings. The van der Waals surface area contributed by atoms with Gasteiger partial charge in [-0.05, 0) is 23.3 Å². The van der Waals surface area contributed by atoms with Crippen LogP contribution in [0, 0.1) is 0 Å². The number of likely N-dealkylation sites (tertiary alicyclic amines) is 1. The zero-order valence-corrected chi connectivity index (χ0v) is 9.90. The molecule has 1 atom stereocenters. The summed E-state index contributed by atoms with van der Waals surface area (Å²) in [5, 5.41) is 19.6. The summed E-state index contributed by atoms with van der Waals surface area (Å²) in [4.78, 5) is 24.7. The maximum Gasteiger partial charge on any atom is 0.326 e. The number of aliphatic carboxylic acids is 1. The van der Waals surface area contributed by atoms with Gasteiger partial charge < -0.3 is 10.0 Å². The van der Waals surface area contributed by atoms with Crippen LogP contribution < -0.4 is 0 Å². The van der Waals surface area contributed by atoms with Crippen LogP contribution in [0.2, 0.25) is 0 Å². The van der Waals surface area contributed by atoms with Crippen molar-refractivity contribution < 1.29 is 14.7 Å². The van der Waals surface area contributed by atoms with E-state index in [1.54, 1.807) is 0 Å². The normalized spacial score (nSPS) is 20.4. The molecule has 8 nitrogen and oxygen atoms in total. The zero-order chi connectivity index (χ0) is 13.0. The SMILES string of the molecule is O=C(O)C1CCCCCN1C(=O)Cn1cnnn1. The van der Waals surface area contributed by atoms with Crippen LogP contribution in [0.1, 0.15) is 25.7 Å². The number of amides is 1. The minimum absolute atomic E-state index is 0.0171. The van der Waals surface area contributed by atoms with Crippen molar-refractivity contribution in [2.24, 2.45) is 0 Å². The number of aromatic nitrogens is 4. The van der Waals surface area contributed by atoms with Crippen LogP contribution in [-0.2, 0) is 16.1 Å². The molecule has 18 heavy (non-hydrogen) atoms. The van der Waals surface area contributed by atoms with Crippen molar-refractivity contribution in [2.75, 3.05) is 6.54 Å². The number of carbonyl (C=O) groups is 2. The van der Waals surface area contributed by atoms with Gasteiger partial charge in [0.05, 0.1) is 0 Å². The molecule has 1 fully saturated rings. The molecule has 0 saturated carbocycles. The Balaban J connectivity index is 2.07. The van der Waals surface area contributed by atoms with Gasteiger partial charge in [0.25, 0.3) is 0 Å². The number of tetrazole rings is 1. The first-order valence-electron chi connectivity index (χ1n) is 5.91. The molecule has 0 aliphatic carbocycles. The highest BCUT2D eigenvalue weighted by atomic mass is 16.4. The Kier molecular flexibility index (Phi) is 3.85. The van der Waals surface area contributed by atoms with Gasteiger partial charge >= 0.3 is 5.97 Å². The van der Waals surface area contributed by atoms with Gasteiger partial charge in [-0.3, -0.25) is 4.79 Å². The highest BCUT2D eigenvalue weighted by molar-refractivity contribution is 5.83. The topological polar surface area (TPSA) is 101 Å². The first-order valence-corrected chi connectivity index (χ1v) is 5.91. The molecule has 2 heterocycles. The van der Waals surface area contributed by atoms with Crippen molar-refractivity contribution in [2.45, 2.75) is 38.3 Å². The summed E-state index contributed by atoms with van der Waals surface area (Å²) in [5.74, 6) is -1.20. The Morgan fingerprint density at radius 3 is 2.83 bits per heavy atom. The van der Waals surface area contributed by atoms with E-state index in [-0.39, 0.29) is 12.5 Å². The van der Waals surface area contributed by atoms with Gasteiger partial charge in [-0.15, -0.1) is 5.10 Å². The van der Waals surface area contributed by atoms with Crippen molar-refractivity contribution in [3.63, 3.8) is 0 Å². The number of carbonyl (C=O) groups excluding carboxylic acids is 1. The molecule has 8 heteroatoms. The van der Waals surface area contributed by atoms with Crippen LogP contribution in [0.3, 0.4) is 0 Å². The van der Waals surface area contributed by atoms with Crippen molar-refractivity contribution in [3.05, 3.63) is 6.33 Å². The Morgan fingerprint density at radius 2 is 2.17 bits per heavy atom. The molecule has 1 aliphatic heterocycles. The summed E-state index contributed by atoms with van der Waals surface area (Å²) < 4.78 is 1.30. The van der Waals surface area contributed by atoms with Gasteiger partial charge in [-0.2, -0.15) is 0 Å². The molecule has 2 rings (SSSR count). The number of nitrogens with zero attached hydrogens (tertiary/aromatic N) is 5. The molecule has 1 amide bonds. The Hall–Kier alpha value is -1.99. The average Bonchev–Trinajstić information content (AvgIpc) is 2.70. The number of hydrogen-bond donors (Lipinski definition) is 1. The van der Waals surface area contributed by atoms with E-state index in [9.17, 15) is 9.59 Å². The van der Waals surface area contributed by atoms with Gasteiger partial charge in [-0.1, -0.05) is 12.8 Å². The molecule has 1 N–H and O–H groups in total. The maximum atomic E-state index is 12.1. The second-order valence-corrected chi connectivity index (χ2v) is 4.30. The summed E-state index contributed by atoms with van der Waals surface area (Å²) in [5.41, 5.74) is 0. The van der Waals surface area contributed by atoms with E-state index in [1.165, 1.54) is 15.9 Å². The van der Waals surface area contributed by atoms with Crippen LogP contribution in [0.4, 0.5) is 0 Å². The molecule has 1 unspecified atom stereocenters. The second kappa shape index (κ2) is 5.56. The molecule has 1 saturated heterocycles. The quantitative estimate of drug-likeness (QED) is 0.781. The average molecular weight is 253 g/mol. The lowest BCUT2D eigenvalue weighted by Crippen LogP contribution is -2.46. The lowest BCUT2D eigenvalue weighted by Gasteiger charge is -2.26. The van der Waals surface area contributed by atoms with Gasteiger partial charge in [0, 0.05) is 6.54 Å². The van der Waals surface area contributed by atoms with Crippen LogP contribution in [-0.4, -0.2) is 54.7 Å². The predicted molar refractivity (Wildman–Crippen MR) is 59.4 cm³/mol. The molecular formula is C10H15N5O3. The zero-order valence-electron chi connectivity index (χ0n) is 9.90. The van der Waals surface area contributed by atoms with Gasteiger partial charge in [0.1, 0.15) is 18.9 Å². The minimum atomic E-state index is -0.943. The molecule has 0 spiro atoms. The van der Waals surface area contributed by atoms with E-state index in [0.29, 0.717) is 13.0 Å². The van der Waals surface area contributed by atoms with E-state index in [4.69, 9.17) is 5.11 Å². The van der Waals surface area contributed by atoms with E-state index in [2.05, 4.69) is 15.5 Å². The number of rotatable bonds is 3. The van der Waals surface area contributed by atoms with E-state index < -0.39 is 12.0 Å². The van der Waals surface area contributed by atoms with Crippen molar-refractivity contribution in [1.29, 1.82) is 0 Å². The third-order valence-electron chi connectivity index (χ3n) is 3.05. The van der Waals surface area contributed by atoms with E-state index in [0.717, 1.165) is 19.3 Å². The maximum absolute atomic E-state index is 12.1. The standard InChI is InChI=1S/C10H15N5O3/c16-9(6-14-7-11-12-13-14)15-5-3-1-2-4-8(15)10(17)18/h7-8H,1-6H2,(H,17,18). The van der Waals surface area contributed by atoms with Crippen LogP contribution in [0.25, 0.3) is 0 Å². The molecule has 1 aromatic heterocycles. The predicted octanol–water partition coefficient (Wildman–Crippen LogP) is -0.471. The molecular weight excluding hydrogens is 238 g/mol. The molecule has 0 radical (unpaired) electrons. The van der Waals surface area contributed by atoms with Crippen LogP contribution >= 0.6 is 0 Å². The summed E-state index contributed by atoms with van der Waals surface area (Å²) in [6.07, 6.45) is 4.48. The summed E-state index contributed by atoms with van der Waals surface area (Å²) in [6, 6.07) is -0.725. The highest BCUT2D eigenvalue weighted by Crippen LogP contribution is 2.17. The Bertz CT molecular complexity index is 419. The minimum Gasteiger partial charge on any atom is -0.480 e. The van der Waals surface area contributed by atoms with Crippen LogP contribution in [0.15, 0.2) is 6.33 Å². The first kappa shape index (κ1) is 12.5. The van der Waals surface area contributed by atoms with E-state index in [1.807, 2.05) is 0 Å². The smallest absolute Gasteiger partial charge is 0.326 e. The number of carboxylic acids is 1. The van der Waals surface area contributed by atoms with Crippen molar-refractivity contribution >= 4 is 11.9 Å². The van der Waals surface area contributed by atoms with Gasteiger partial charge in [0.15, 0.2) is 0 Å². The lowest BCUT2D eigenvalue weighted by molar-refractivity contribution is -0.150. The Morgan fingerprint density at radius 1 is 1.33 bits per heavy atom. The largest absolute Gasteiger partial charge is 0.480 e. The number of carboxylic acid groups (broad SMARTS) is 1. The second-order valence-electron chi connectivity index (χ2n) is 4.30. The Labute approximate surface area is 104 Å². The molecule has 1 aliphatic rings. The van der Waals surface area contributed by atoms with Crippen molar-refractivity contribution in [3.8, 4) is 0 Å². The van der Waals surface area contributed by atoms with Gasteiger partial charge in [0.2, 0.25) is 5.91 Å². The lowest BCUT2D eigenvalue weighted by atomic mass is 10.1. The summed E-state index contributed by atoms with van der Waals surface area (Å²) >= 11 is 0. The fourth-order valence-corrected chi connectivity index (χ4v) is 2.15. The molecule has 98 valence electrons. The summed E-state index contributed by atoms with van der Waals surface area (Å²) in [6.45, 7) is 0.467. The van der Waals surface area contributed by atoms with Crippen molar-refractivity contribution in [1.82, 2.24) is 25.1 Å². The molecule has 0 aromatic carbocycles. The molecule has 0 bridgehead atoms. The third kappa shape index (κ3) is 2.82.